The highest BCUT2D eigenvalue weighted by Crippen LogP contribution is 2.66. The van der Waals surface area contributed by atoms with Gasteiger partial charge in [-0.25, -0.2) is 4.39 Å². The van der Waals surface area contributed by atoms with Gasteiger partial charge in [0.2, 0.25) is 0 Å². The van der Waals surface area contributed by atoms with Gasteiger partial charge < -0.3 is 10.2 Å². The first-order valence-corrected chi connectivity index (χ1v) is 22.8. The molecule has 105 heavy (non-hydrogen) atoms. The van der Waals surface area contributed by atoms with Gasteiger partial charge in [0.25, 0.3) is 12.1 Å². The van der Waals surface area contributed by atoms with Gasteiger partial charge in [0.1, 0.15) is 0 Å². The lowest BCUT2D eigenvalue weighted by molar-refractivity contribution is -0.611. The van der Waals surface area contributed by atoms with Crippen LogP contribution in [0.4, 0.5) is 255 Å². The molecule has 0 aliphatic rings. The number of halogens is 58. The average Bonchev–Trinajstić information content (AvgIpc) is 0.710. The molecule has 0 fully saturated rings. The first-order chi connectivity index (χ1) is 44.6. The Morgan fingerprint density at radius 3 is 0.571 bits per heavy atom. The van der Waals surface area contributed by atoms with Gasteiger partial charge >= 0.3 is 169 Å². The lowest BCUT2D eigenvalue weighted by Crippen LogP contribution is -2.74. The molecule has 0 radical (unpaired) electrons. The number of hydrogen-bond donors (Lipinski definition) is 1. The van der Waals surface area contributed by atoms with Crippen LogP contribution in [0.25, 0.3) is 0 Å². The maximum atomic E-state index is 15.2. The van der Waals surface area contributed by atoms with Crippen molar-refractivity contribution in [2.24, 2.45) is 0 Å². The summed E-state index contributed by atoms with van der Waals surface area (Å²) in [6.45, 7) is -2.24. The third-order valence-electron chi connectivity index (χ3n) is 10.6. The van der Waals surface area contributed by atoms with Crippen LogP contribution in [0.1, 0.15) is 6.42 Å². The molecule has 10 atom stereocenters. The standard InChI is InChI=1S/C35H14F58N2O10/c1-95(2)5-3-4-94-7(96)8(37,19(51,52)53)97-28(78,79)12(44,21(57,58)59)99-30(82,83)14(46,23(63,64)65)101-32(86,87)16(48,25(69,70)71)103-34(90,91)18(50,27(75,76)77)105-35(92,93)17(49,26(72,73)74)104-33(88,89)15(47,24(66,67)68)102-31(84,85)13(45,22(60,61)62)100-29(80,81)11(43,20(54,55)56)98-10(41,42)6(36)9(38,39)40/h6H,3-5H2,1-2H3,(H,94,96). The van der Waals surface area contributed by atoms with Gasteiger partial charge in [-0.05, 0) is 27.1 Å². The Balaban J connectivity index is 8.76. The third-order valence-corrected chi connectivity index (χ3v) is 10.6. The summed E-state index contributed by atoms with van der Waals surface area (Å²) in [6, 6.07) is 0. The Morgan fingerprint density at radius 2 is 0.429 bits per heavy atom. The average molecular weight is 1720 g/mol. The van der Waals surface area contributed by atoms with Gasteiger partial charge in [-0.2, -0.15) is 250 Å². The summed E-state index contributed by atoms with van der Waals surface area (Å²) in [4.78, 5) is 12.7. The zero-order chi connectivity index (χ0) is 85.9. The van der Waals surface area contributed by atoms with Gasteiger partial charge in [-0.1, -0.05) is 0 Å². The molecule has 10 unspecified atom stereocenters. The monoisotopic (exact) mass is 1720 g/mol. The number of nitrogens with zero attached hydrogens (tertiary/aromatic N) is 1. The SMILES string of the molecule is CN(C)CCCNC(=O)C(F)(OC(F)(F)C(F)(OC(F)(F)C(F)(OC(F)(F)C(F)(OC(F)(F)C(F)(OC(F)(F)C(F)(OC(F)(F)C(F)(OC(F)(F)C(F)(OC(F)(F)C(F)(OC(F)(F)C(F)C(F)(F)F)C(F)(F)F)C(F)(F)F)C(F)(F)F)C(F)(F)F)C(F)(F)F)C(F)(F)F)C(F)(F)F)C(F)(F)F)C(F)(F)F. The number of carbonyl (C=O) groups excluding carboxylic acids is 1. The van der Waals surface area contributed by atoms with E-state index in [1.807, 2.05) is 0 Å². The molecule has 0 saturated carbocycles. The normalized spacial score (nSPS) is 21.0. The molecule has 0 aliphatic carbocycles. The van der Waals surface area contributed by atoms with Crippen molar-refractivity contribution in [1.82, 2.24) is 10.2 Å². The molecule has 0 rings (SSSR count). The molecular weight excluding hydrogens is 1710 g/mol. The fourth-order valence-electron chi connectivity index (χ4n) is 5.57. The summed E-state index contributed by atoms with van der Waals surface area (Å²) < 4.78 is 822. The van der Waals surface area contributed by atoms with E-state index >= 15 is 26.3 Å². The van der Waals surface area contributed by atoms with Gasteiger partial charge in [0.15, 0.2) is 0 Å². The van der Waals surface area contributed by atoms with Gasteiger partial charge in [0.05, 0.1) is 0 Å². The third kappa shape index (κ3) is 18.1. The number of carbonyl (C=O) groups is 1. The van der Waals surface area contributed by atoms with Gasteiger partial charge in [-0.3, -0.25) is 47.4 Å². The highest BCUT2D eigenvalue weighted by molar-refractivity contribution is 5.84. The quantitative estimate of drug-likeness (QED) is 0.0513. The van der Waals surface area contributed by atoms with E-state index < -0.39 is 201 Å². The van der Waals surface area contributed by atoms with Crippen LogP contribution >= 0.6 is 0 Å². The molecule has 0 aliphatic heterocycles. The number of nitrogens with one attached hydrogen (secondary N) is 1. The first kappa shape index (κ1) is 100. The van der Waals surface area contributed by atoms with Crippen LogP contribution in [0.5, 0.6) is 0 Å². The van der Waals surface area contributed by atoms with Crippen LogP contribution in [0, 0.1) is 0 Å². The number of rotatable bonds is 32. The summed E-state index contributed by atoms with van der Waals surface area (Å²) in [6.07, 6.45) is -189. The van der Waals surface area contributed by atoms with E-state index in [2.05, 4.69) is 0 Å². The van der Waals surface area contributed by atoms with Crippen LogP contribution in [0.3, 0.4) is 0 Å². The van der Waals surface area contributed by atoms with Crippen molar-refractivity contribution in [3.63, 3.8) is 0 Å². The van der Waals surface area contributed by atoms with Crippen molar-refractivity contribution in [2.75, 3.05) is 27.2 Å². The Morgan fingerprint density at radius 1 is 0.267 bits per heavy atom. The van der Waals surface area contributed by atoms with Crippen molar-refractivity contribution in [1.29, 1.82) is 0 Å². The summed E-state index contributed by atoms with van der Waals surface area (Å²) in [5.41, 5.74) is 0. The van der Waals surface area contributed by atoms with Crippen LogP contribution in [-0.2, 0) is 47.4 Å². The molecule has 0 aromatic rings. The second-order valence-electron chi connectivity index (χ2n) is 18.8. The molecule has 630 valence electrons. The topological polar surface area (TPSA) is 115 Å². The summed E-state index contributed by atoms with van der Waals surface area (Å²) in [5.74, 6) is -92.2. The lowest BCUT2D eigenvalue weighted by atomic mass is 10.1. The lowest BCUT2D eigenvalue weighted by Gasteiger charge is -2.45. The summed E-state index contributed by atoms with van der Waals surface area (Å²) in [7, 11) is 1.98. The van der Waals surface area contributed by atoms with Crippen molar-refractivity contribution in [2.45, 2.75) is 182 Å². The van der Waals surface area contributed by atoms with Crippen molar-refractivity contribution < 1.29 is 302 Å². The number of hydrogen-bond acceptors (Lipinski definition) is 11. The minimum atomic E-state index is -10.4. The molecule has 0 spiro atoms. The Bertz CT molecular complexity index is 2940. The molecule has 0 aromatic carbocycles. The molecule has 0 bridgehead atoms. The van der Waals surface area contributed by atoms with E-state index in [1.165, 1.54) is 4.74 Å². The largest absolute Gasteiger partial charge is 0.458 e. The van der Waals surface area contributed by atoms with E-state index in [0.29, 0.717) is 33.7 Å². The molecular formula is C35H14F58N2O10. The summed E-state index contributed by atoms with van der Waals surface area (Å²) in [5, 5.41) is 0.410. The van der Waals surface area contributed by atoms with E-state index in [1.54, 1.807) is 0 Å². The van der Waals surface area contributed by atoms with Gasteiger partial charge in [-0.15, -0.1) is 0 Å². The Labute approximate surface area is 528 Å². The number of amides is 1. The molecule has 0 aromatic heterocycles. The Hall–Kier alpha value is -4.99. The van der Waals surface area contributed by atoms with Crippen molar-refractivity contribution in [3.05, 3.63) is 0 Å². The van der Waals surface area contributed by atoms with E-state index in [-0.39, 0.29) is 0 Å². The highest BCUT2D eigenvalue weighted by Gasteiger charge is 2.95. The minimum absolute atomic E-state index is 0.369. The van der Waals surface area contributed by atoms with Gasteiger partial charge in [0, 0.05) is 6.54 Å². The molecule has 70 heteroatoms. The van der Waals surface area contributed by atoms with Crippen molar-refractivity contribution in [3.8, 4) is 0 Å². The second kappa shape index (κ2) is 27.8. The van der Waals surface area contributed by atoms with Crippen molar-refractivity contribution >= 4 is 5.91 Å². The predicted octanol–water partition coefficient (Wildman–Crippen LogP) is 17.5. The van der Waals surface area contributed by atoms with E-state index in [0.717, 1.165) is 28.5 Å². The molecule has 0 saturated heterocycles. The van der Waals surface area contributed by atoms with Crippen LogP contribution in [0.15, 0.2) is 0 Å². The molecule has 12 nitrogen and oxygen atoms in total. The first-order valence-electron chi connectivity index (χ1n) is 22.8. The number of ether oxygens (including phenoxy) is 9. The van der Waals surface area contributed by atoms with Crippen LogP contribution in [-0.4, -0.2) is 214 Å². The van der Waals surface area contributed by atoms with Crippen LogP contribution < -0.4 is 5.32 Å². The van der Waals surface area contributed by atoms with E-state index in [4.69, 9.17) is 0 Å². The maximum absolute atomic E-state index is 15.2. The fourth-order valence-corrected chi connectivity index (χ4v) is 5.57. The second-order valence-corrected chi connectivity index (χ2v) is 18.8. The number of alkyl halides is 58. The van der Waals surface area contributed by atoms with Crippen LogP contribution in [0.2, 0.25) is 0 Å². The zero-order valence-electron chi connectivity index (χ0n) is 46.2. The minimum Gasteiger partial charge on any atom is -0.351 e. The fraction of sp³-hybridized carbons (Fsp3) is 0.971. The zero-order valence-corrected chi connectivity index (χ0v) is 46.2. The Kier molecular flexibility index (Phi) is 26.5. The maximum Gasteiger partial charge on any atom is 0.458 e. The smallest absolute Gasteiger partial charge is 0.351 e. The molecule has 1 N–H and O–H groups in total. The van der Waals surface area contributed by atoms with E-state index in [9.17, 15) is 233 Å². The highest BCUT2D eigenvalue weighted by atomic mass is 19.5. The summed E-state index contributed by atoms with van der Waals surface area (Å²) >= 11 is 0. The molecule has 1 amide bonds. The molecule has 0 heterocycles. The predicted molar refractivity (Wildman–Crippen MR) is 190 cm³/mol.